The second kappa shape index (κ2) is 11.5. The van der Waals surface area contributed by atoms with Gasteiger partial charge in [-0.2, -0.15) is 0 Å². The molecule has 2 saturated heterocycles. The third-order valence-electron chi connectivity index (χ3n) is 8.22. The number of aryl methyl sites for hydroxylation is 1. The first-order valence-electron chi connectivity index (χ1n) is 13.6. The van der Waals surface area contributed by atoms with E-state index in [-0.39, 0.29) is 11.4 Å². The van der Waals surface area contributed by atoms with Crippen molar-refractivity contribution in [2.45, 2.75) is 52.0 Å². The molecule has 0 atom stereocenters. The van der Waals surface area contributed by atoms with E-state index in [0.717, 1.165) is 78.7 Å². The maximum Gasteiger partial charge on any atom is 0.255 e. The first-order chi connectivity index (χ1) is 18.4. The van der Waals surface area contributed by atoms with E-state index >= 15 is 0 Å². The monoisotopic (exact) mass is 577 g/mol. The lowest BCUT2D eigenvalue weighted by Crippen LogP contribution is -2.56. The Kier molecular flexibility index (Phi) is 8.09. The van der Waals surface area contributed by atoms with Crippen LogP contribution in [0, 0.1) is 12.8 Å². The number of nitrogens with zero attached hydrogens (tertiary/aromatic N) is 5. The number of piperidine rings is 2. The van der Waals surface area contributed by atoms with Crippen molar-refractivity contribution in [3.05, 3.63) is 70.0 Å². The van der Waals surface area contributed by atoms with Crippen LogP contribution in [0.25, 0.3) is 11.0 Å². The standard InChI is InChI=1S/C30H36BrN5O2/c1-4-38-34-27(22-7-9-25(31)10-8-22)23-11-16-36(17-12-23)30(3)13-18-35(19-14-30)29(37)26-20-24-6-5-15-32-28(24)33-21(26)2/h5-10,15,20,23H,4,11-14,16-19H2,1-3H3/b34-27-. The highest BCUT2D eigenvalue weighted by atomic mass is 79.9. The summed E-state index contributed by atoms with van der Waals surface area (Å²) in [6, 6.07) is 14.1. The number of aromatic nitrogens is 2. The van der Waals surface area contributed by atoms with Crippen LogP contribution in [0.5, 0.6) is 0 Å². The van der Waals surface area contributed by atoms with E-state index in [1.165, 1.54) is 0 Å². The first-order valence-corrected chi connectivity index (χ1v) is 14.4. The maximum absolute atomic E-state index is 13.4. The van der Waals surface area contributed by atoms with Crippen molar-refractivity contribution in [1.29, 1.82) is 0 Å². The Labute approximate surface area is 233 Å². The van der Waals surface area contributed by atoms with E-state index in [1.807, 2.05) is 36.9 Å². The average molecular weight is 579 g/mol. The molecule has 8 heteroatoms. The van der Waals surface area contributed by atoms with Gasteiger partial charge in [0.1, 0.15) is 6.61 Å². The van der Waals surface area contributed by atoms with E-state index in [1.54, 1.807) is 6.20 Å². The lowest BCUT2D eigenvalue weighted by molar-refractivity contribution is 0.0161. The van der Waals surface area contributed by atoms with E-state index in [0.29, 0.717) is 23.7 Å². The minimum atomic E-state index is 0.0767. The van der Waals surface area contributed by atoms with Gasteiger partial charge in [-0.1, -0.05) is 33.2 Å². The minimum Gasteiger partial charge on any atom is -0.396 e. The van der Waals surface area contributed by atoms with Gasteiger partial charge in [-0.3, -0.25) is 9.69 Å². The smallest absolute Gasteiger partial charge is 0.255 e. The molecule has 1 aromatic carbocycles. The van der Waals surface area contributed by atoms with Gasteiger partial charge < -0.3 is 9.74 Å². The summed E-state index contributed by atoms with van der Waals surface area (Å²) in [5.74, 6) is 0.454. The molecule has 3 aromatic rings. The van der Waals surface area contributed by atoms with Crippen molar-refractivity contribution in [3.8, 4) is 0 Å². The summed E-state index contributed by atoms with van der Waals surface area (Å²) < 4.78 is 1.06. The predicted molar refractivity (Wildman–Crippen MR) is 154 cm³/mol. The first kappa shape index (κ1) is 26.8. The zero-order valence-corrected chi connectivity index (χ0v) is 24.1. The quantitative estimate of drug-likeness (QED) is 0.271. The number of pyridine rings is 2. The van der Waals surface area contributed by atoms with Crippen molar-refractivity contribution >= 4 is 38.6 Å². The summed E-state index contributed by atoms with van der Waals surface area (Å²) in [5, 5.41) is 5.44. The van der Waals surface area contributed by atoms with Gasteiger partial charge in [-0.15, -0.1) is 0 Å². The molecule has 0 aliphatic carbocycles. The molecule has 2 aliphatic heterocycles. The van der Waals surface area contributed by atoms with Crippen molar-refractivity contribution in [2.24, 2.45) is 11.1 Å². The van der Waals surface area contributed by atoms with Crippen LogP contribution in [0.4, 0.5) is 0 Å². The lowest BCUT2D eigenvalue weighted by Gasteiger charge is -2.49. The second-order valence-electron chi connectivity index (χ2n) is 10.6. The number of halogens is 1. The Balaban J connectivity index is 1.21. The fourth-order valence-electron chi connectivity index (χ4n) is 5.80. The van der Waals surface area contributed by atoms with Crippen LogP contribution < -0.4 is 0 Å². The Hall–Kier alpha value is -2.84. The largest absolute Gasteiger partial charge is 0.396 e. The van der Waals surface area contributed by atoms with Crippen molar-refractivity contribution < 1.29 is 9.63 Å². The fourth-order valence-corrected chi connectivity index (χ4v) is 6.06. The fraction of sp³-hybridized carbons (Fsp3) is 0.467. The van der Waals surface area contributed by atoms with E-state index < -0.39 is 0 Å². The number of oxime groups is 1. The molecule has 0 radical (unpaired) electrons. The topological polar surface area (TPSA) is 70.9 Å². The number of fused-ring (bicyclic) bond motifs is 1. The van der Waals surface area contributed by atoms with E-state index in [4.69, 9.17) is 4.84 Å². The lowest BCUT2D eigenvalue weighted by atomic mass is 9.82. The van der Waals surface area contributed by atoms with Crippen LogP contribution in [0.2, 0.25) is 0 Å². The molecule has 5 rings (SSSR count). The SMILES string of the molecule is CCO/N=C(/c1ccc(Br)cc1)C1CCN(C2(C)CCN(C(=O)c3cc4cccnc4nc3C)CC2)CC1. The minimum absolute atomic E-state index is 0.0767. The molecule has 200 valence electrons. The molecule has 2 aliphatic rings. The van der Waals surface area contributed by atoms with Crippen LogP contribution >= 0.6 is 15.9 Å². The van der Waals surface area contributed by atoms with Gasteiger partial charge in [0.2, 0.25) is 0 Å². The van der Waals surface area contributed by atoms with Crippen LogP contribution in [0.3, 0.4) is 0 Å². The van der Waals surface area contributed by atoms with Crippen molar-refractivity contribution in [2.75, 3.05) is 32.8 Å². The summed E-state index contributed by atoms with van der Waals surface area (Å²) in [6.07, 6.45) is 5.78. The third kappa shape index (κ3) is 5.61. The number of hydrogen-bond acceptors (Lipinski definition) is 6. The number of rotatable bonds is 6. The van der Waals surface area contributed by atoms with E-state index in [9.17, 15) is 4.79 Å². The molecule has 0 unspecified atom stereocenters. The van der Waals surface area contributed by atoms with Crippen LogP contribution in [0.1, 0.15) is 61.1 Å². The zero-order valence-electron chi connectivity index (χ0n) is 22.5. The number of hydrogen-bond donors (Lipinski definition) is 0. The Bertz CT molecular complexity index is 1310. The number of carbonyl (C=O) groups is 1. The van der Waals surface area contributed by atoms with Crippen molar-refractivity contribution in [3.63, 3.8) is 0 Å². The van der Waals surface area contributed by atoms with Crippen molar-refractivity contribution in [1.82, 2.24) is 19.8 Å². The highest BCUT2D eigenvalue weighted by molar-refractivity contribution is 9.10. The molecule has 7 nitrogen and oxygen atoms in total. The van der Waals surface area contributed by atoms with Gasteiger partial charge in [-0.25, -0.2) is 9.97 Å². The molecule has 2 fully saturated rings. The van der Waals surface area contributed by atoms with Gasteiger partial charge >= 0.3 is 0 Å². The summed E-state index contributed by atoms with van der Waals surface area (Å²) in [7, 11) is 0. The third-order valence-corrected chi connectivity index (χ3v) is 8.74. The molecule has 38 heavy (non-hydrogen) atoms. The van der Waals surface area contributed by atoms with Gasteiger partial charge in [0.05, 0.1) is 17.0 Å². The van der Waals surface area contributed by atoms with Crippen LogP contribution in [0.15, 0.2) is 58.3 Å². The molecular formula is C30H36BrN5O2. The van der Waals surface area contributed by atoms with E-state index in [2.05, 4.69) is 67.1 Å². The zero-order chi connectivity index (χ0) is 26.7. The number of amides is 1. The summed E-state index contributed by atoms with van der Waals surface area (Å²) in [6.45, 7) is 10.4. The van der Waals surface area contributed by atoms with Gasteiger partial charge in [-0.05, 0) is 95.4 Å². The highest BCUT2D eigenvalue weighted by Gasteiger charge is 2.39. The van der Waals surface area contributed by atoms with Gasteiger partial charge in [0, 0.05) is 40.6 Å². The normalized spacial score (nSPS) is 19.1. The number of carbonyl (C=O) groups excluding carboxylic acids is 1. The Morgan fingerprint density at radius 1 is 1.13 bits per heavy atom. The second-order valence-corrected chi connectivity index (χ2v) is 11.5. The van der Waals surface area contributed by atoms with Crippen LogP contribution in [-0.2, 0) is 4.84 Å². The molecule has 2 aromatic heterocycles. The number of likely N-dealkylation sites (tertiary alicyclic amines) is 2. The number of benzene rings is 1. The van der Waals surface area contributed by atoms with Crippen LogP contribution in [-0.4, -0.2) is 69.7 Å². The molecule has 1 amide bonds. The Morgan fingerprint density at radius 3 is 2.53 bits per heavy atom. The Morgan fingerprint density at radius 2 is 1.84 bits per heavy atom. The maximum atomic E-state index is 13.4. The molecule has 0 N–H and O–H groups in total. The molecule has 4 heterocycles. The highest BCUT2D eigenvalue weighted by Crippen LogP contribution is 2.34. The molecule has 0 saturated carbocycles. The molecule has 0 spiro atoms. The van der Waals surface area contributed by atoms with Gasteiger partial charge in [0.15, 0.2) is 5.65 Å². The molecule has 0 bridgehead atoms. The summed E-state index contributed by atoms with van der Waals surface area (Å²) >= 11 is 3.53. The summed E-state index contributed by atoms with van der Waals surface area (Å²) in [4.78, 5) is 32.5. The molecular weight excluding hydrogens is 542 g/mol. The average Bonchev–Trinajstić information content (AvgIpc) is 2.94. The summed E-state index contributed by atoms with van der Waals surface area (Å²) in [5.41, 5.74) is 4.39. The van der Waals surface area contributed by atoms with Gasteiger partial charge in [0.25, 0.3) is 5.91 Å². The predicted octanol–water partition coefficient (Wildman–Crippen LogP) is 5.85.